The average Bonchev–Trinajstić information content (AvgIpc) is 2.79. The van der Waals surface area contributed by atoms with Gasteiger partial charge in [0.2, 0.25) is 0 Å². The third kappa shape index (κ3) is 2.85. The predicted octanol–water partition coefficient (Wildman–Crippen LogP) is 3.23. The molecule has 17 heavy (non-hydrogen) atoms. The lowest BCUT2D eigenvalue weighted by molar-refractivity contribution is 0.0994. The molecule has 0 aliphatic rings. The van der Waals surface area contributed by atoms with Gasteiger partial charge in [-0.25, -0.2) is 4.98 Å². The van der Waals surface area contributed by atoms with E-state index in [1.165, 1.54) is 0 Å². The summed E-state index contributed by atoms with van der Waals surface area (Å²) in [4.78, 5) is 15.7. The van der Waals surface area contributed by atoms with Crippen molar-refractivity contribution >= 4 is 23.3 Å². The number of rotatable bonds is 3. The molecule has 2 rings (SSSR count). The second-order valence-corrected chi connectivity index (χ2v) is 4.14. The first-order valence-corrected chi connectivity index (χ1v) is 5.56. The van der Waals surface area contributed by atoms with Crippen LogP contribution in [-0.4, -0.2) is 10.9 Å². The molecular formula is C12H11ClN2O2. The number of pyridine rings is 1. The van der Waals surface area contributed by atoms with Crippen molar-refractivity contribution in [1.29, 1.82) is 0 Å². The molecule has 0 saturated carbocycles. The molecule has 0 radical (unpaired) electrons. The monoisotopic (exact) mass is 250 g/mol. The standard InChI is InChI=1S/C12H11ClN2O2/c1-8(13)9-5-6-10(17-9)12(16)15-11-4-2-3-7-14-11/h2-8H,1H3,(H,14,15,16). The Morgan fingerprint density at radius 3 is 2.82 bits per heavy atom. The number of hydrogen-bond acceptors (Lipinski definition) is 3. The van der Waals surface area contributed by atoms with E-state index in [1.807, 2.05) is 0 Å². The number of alkyl halides is 1. The summed E-state index contributed by atoms with van der Waals surface area (Å²) in [6.45, 7) is 1.78. The smallest absolute Gasteiger partial charge is 0.292 e. The largest absolute Gasteiger partial charge is 0.454 e. The van der Waals surface area contributed by atoms with Crippen molar-refractivity contribution in [2.75, 3.05) is 5.32 Å². The zero-order valence-electron chi connectivity index (χ0n) is 9.18. The number of hydrogen-bond donors (Lipinski definition) is 1. The fourth-order valence-electron chi connectivity index (χ4n) is 1.30. The average molecular weight is 251 g/mol. The Balaban J connectivity index is 2.10. The molecule has 5 heteroatoms. The highest BCUT2D eigenvalue weighted by molar-refractivity contribution is 6.20. The molecule has 4 nitrogen and oxygen atoms in total. The van der Waals surface area contributed by atoms with Crippen molar-refractivity contribution in [1.82, 2.24) is 4.98 Å². The van der Waals surface area contributed by atoms with Gasteiger partial charge in [0, 0.05) is 6.20 Å². The zero-order chi connectivity index (χ0) is 12.3. The molecule has 0 aromatic carbocycles. The van der Waals surface area contributed by atoms with Crippen LogP contribution in [0.25, 0.3) is 0 Å². The highest BCUT2D eigenvalue weighted by Crippen LogP contribution is 2.22. The van der Waals surface area contributed by atoms with Crippen LogP contribution in [0.3, 0.4) is 0 Å². The molecule has 0 fully saturated rings. The summed E-state index contributed by atoms with van der Waals surface area (Å²) in [6, 6.07) is 8.54. The van der Waals surface area contributed by atoms with Crippen LogP contribution in [0, 0.1) is 0 Å². The van der Waals surface area contributed by atoms with Gasteiger partial charge in [-0.2, -0.15) is 0 Å². The Bertz CT molecular complexity index is 508. The molecule has 0 bridgehead atoms. The highest BCUT2D eigenvalue weighted by atomic mass is 35.5. The van der Waals surface area contributed by atoms with Crippen molar-refractivity contribution in [3.63, 3.8) is 0 Å². The van der Waals surface area contributed by atoms with Crippen molar-refractivity contribution < 1.29 is 9.21 Å². The van der Waals surface area contributed by atoms with Gasteiger partial charge in [0.05, 0.1) is 5.38 Å². The van der Waals surface area contributed by atoms with Crippen LogP contribution >= 0.6 is 11.6 Å². The van der Waals surface area contributed by atoms with Crippen LogP contribution in [0.4, 0.5) is 5.82 Å². The van der Waals surface area contributed by atoms with E-state index >= 15 is 0 Å². The molecule has 1 atom stereocenters. The van der Waals surface area contributed by atoms with E-state index in [0.717, 1.165) is 0 Å². The van der Waals surface area contributed by atoms with Gasteiger partial charge in [-0.3, -0.25) is 4.79 Å². The molecule has 1 N–H and O–H groups in total. The summed E-state index contributed by atoms with van der Waals surface area (Å²) >= 11 is 5.84. The van der Waals surface area contributed by atoms with E-state index in [4.69, 9.17) is 16.0 Å². The number of carbonyl (C=O) groups excluding carboxylic acids is 1. The van der Waals surface area contributed by atoms with E-state index < -0.39 is 0 Å². The topological polar surface area (TPSA) is 55.1 Å². The number of amides is 1. The first-order valence-electron chi connectivity index (χ1n) is 5.13. The van der Waals surface area contributed by atoms with Crippen LogP contribution < -0.4 is 5.32 Å². The fourth-order valence-corrected chi connectivity index (χ4v) is 1.42. The van der Waals surface area contributed by atoms with Crippen molar-refractivity contribution in [2.24, 2.45) is 0 Å². The van der Waals surface area contributed by atoms with Gasteiger partial charge in [-0.15, -0.1) is 11.6 Å². The van der Waals surface area contributed by atoms with E-state index in [2.05, 4.69) is 10.3 Å². The SMILES string of the molecule is CC(Cl)c1ccc(C(=O)Nc2ccccn2)o1. The summed E-state index contributed by atoms with van der Waals surface area (Å²) in [5, 5.41) is 2.37. The normalized spacial score (nSPS) is 12.1. The summed E-state index contributed by atoms with van der Waals surface area (Å²) in [7, 11) is 0. The Morgan fingerprint density at radius 2 is 2.24 bits per heavy atom. The Morgan fingerprint density at radius 1 is 1.41 bits per heavy atom. The van der Waals surface area contributed by atoms with Crippen LogP contribution in [-0.2, 0) is 0 Å². The van der Waals surface area contributed by atoms with Crippen molar-refractivity contribution in [3.05, 3.63) is 48.0 Å². The Labute approximate surface area is 104 Å². The summed E-state index contributed by atoms with van der Waals surface area (Å²) in [6.07, 6.45) is 1.60. The lowest BCUT2D eigenvalue weighted by atomic mass is 10.3. The second kappa shape index (κ2) is 5.01. The molecule has 2 heterocycles. The number of nitrogens with one attached hydrogen (secondary N) is 1. The molecule has 1 amide bonds. The third-order valence-corrected chi connectivity index (χ3v) is 2.36. The lowest BCUT2D eigenvalue weighted by Gasteiger charge is -2.01. The fraction of sp³-hybridized carbons (Fsp3) is 0.167. The maximum atomic E-state index is 11.8. The van der Waals surface area contributed by atoms with E-state index in [0.29, 0.717) is 11.6 Å². The minimum absolute atomic E-state index is 0.221. The van der Waals surface area contributed by atoms with E-state index in [9.17, 15) is 4.79 Å². The highest BCUT2D eigenvalue weighted by Gasteiger charge is 2.13. The first-order chi connectivity index (χ1) is 8.16. The van der Waals surface area contributed by atoms with Gasteiger partial charge >= 0.3 is 0 Å². The molecule has 0 aliphatic heterocycles. The maximum absolute atomic E-state index is 11.8. The number of halogens is 1. The van der Waals surface area contributed by atoms with Gasteiger partial charge in [0.1, 0.15) is 11.6 Å². The number of anilines is 1. The van der Waals surface area contributed by atoms with Crippen LogP contribution in [0.2, 0.25) is 0 Å². The Hall–Kier alpha value is -1.81. The number of carbonyl (C=O) groups is 1. The predicted molar refractivity (Wildman–Crippen MR) is 65.2 cm³/mol. The lowest BCUT2D eigenvalue weighted by Crippen LogP contribution is -2.11. The van der Waals surface area contributed by atoms with Crippen LogP contribution in [0.5, 0.6) is 0 Å². The number of furan rings is 1. The maximum Gasteiger partial charge on any atom is 0.292 e. The van der Waals surface area contributed by atoms with E-state index in [1.54, 1.807) is 43.5 Å². The van der Waals surface area contributed by atoms with Gasteiger partial charge < -0.3 is 9.73 Å². The summed E-state index contributed by atoms with van der Waals surface area (Å²) in [5.74, 6) is 0.928. The van der Waals surface area contributed by atoms with Gasteiger partial charge in [0.25, 0.3) is 5.91 Å². The minimum atomic E-state index is -0.340. The number of aromatic nitrogens is 1. The molecule has 88 valence electrons. The molecule has 0 aliphatic carbocycles. The quantitative estimate of drug-likeness (QED) is 0.851. The molecule has 1 unspecified atom stereocenters. The van der Waals surface area contributed by atoms with Gasteiger partial charge in [-0.1, -0.05) is 6.07 Å². The summed E-state index contributed by atoms with van der Waals surface area (Å²) < 4.78 is 5.31. The van der Waals surface area contributed by atoms with Crippen molar-refractivity contribution in [3.8, 4) is 0 Å². The van der Waals surface area contributed by atoms with E-state index in [-0.39, 0.29) is 17.0 Å². The van der Waals surface area contributed by atoms with Crippen LogP contribution in [0.15, 0.2) is 40.9 Å². The number of nitrogens with zero attached hydrogens (tertiary/aromatic N) is 1. The molecule has 0 spiro atoms. The third-order valence-electron chi connectivity index (χ3n) is 2.15. The second-order valence-electron chi connectivity index (χ2n) is 3.49. The van der Waals surface area contributed by atoms with Gasteiger partial charge in [-0.05, 0) is 31.2 Å². The zero-order valence-corrected chi connectivity index (χ0v) is 9.94. The summed E-state index contributed by atoms with van der Waals surface area (Å²) in [5.41, 5.74) is 0. The molecular weight excluding hydrogens is 240 g/mol. The van der Waals surface area contributed by atoms with Crippen LogP contribution in [0.1, 0.15) is 28.6 Å². The van der Waals surface area contributed by atoms with Crippen molar-refractivity contribution in [2.45, 2.75) is 12.3 Å². The molecule has 0 saturated heterocycles. The molecule has 2 aromatic heterocycles. The first kappa shape index (κ1) is 11.7. The Kier molecular flexibility index (Phi) is 3.44. The molecule has 2 aromatic rings. The minimum Gasteiger partial charge on any atom is -0.454 e. The van der Waals surface area contributed by atoms with Gasteiger partial charge in [0.15, 0.2) is 5.76 Å².